The molecule has 7 nitrogen and oxygen atoms in total. The average molecular weight is 453 g/mol. The van der Waals surface area contributed by atoms with Gasteiger partial charge in [-0.1, -0.05) is 19.9 Å². The average Bonchev–Trinajstić information content (AvgIpc) is 2.68. The summed E-state index contributed by atoms with van der Waals surface area (Å²) in [5, 5.41) is 14.0. The zero-order valence-corrected chi connectivity index (χ0v) is 18.0. The quantitative estimate of drug-likeness (QED) is 0.517. The molecule has 3 N–H and O–H groups in total. The van der Waals surface area contributed by atoms with Gasteiger partial charge in [0.05, 0.1) is 11.7 Å². The summed E-state index contributed by atoms with van der Waals surface area (Å²) in [4.78, 5) is 15.2. The van der Waals surface area contributed by atoms with E-state index < -0.39 is 24.4 Å². The minimum absolute atomic E-state index is 0.0991. The van der Waals surface area contributed by atoms with E-state index in [0.717, 1.165) is 11.1 Å². The number of aromatic nitrogens is 1. The summed E-state index contributed by atoms with van der Waals surface area (Å²) in [6.07, 6.45) is -3.47. The highest BCUT2D eigenvalue weighted by atomic mass is 19.4. The third-order valence-electron chi connectivity index (χ3n) is 4.91. The van der Waals surface area contributed by atoms with Gasteiger partial charge in [-0.3, -0.25) is 0 Å². The number of rotatable bonds is 8. The molecule has 0 saturated heterocycles. The van der Waals surface area contributed by atoms with Crippen molar-refractivity contribution in [2.24, 2.45) is 5.92 Å². The maximum absolute atomic E-state index is 12.5. The summed E-state index contributed by atoms with van der Waals surface area (Å²) in [6, 6.07) is 6.87. The summed E-state index contributed by atoms with van der Waals surface area (Å²) in [6.45, 7) is 5.01. The molecule has 1 atom stereocenters. The number of pyridine rings is 1. The first kappa shape index (κ1) is 23.5. The number of alkyl halides is 3. The van der Waals surface area contributed by atoms with Crippen molar-refractivity contribution in [3.8, 4) is 22.6 Å². The van der Waals surface area contributed by atoms with Crippen molar-refractivity contribution in [3.63, 3.8) is 0 Å². The van der Waals surface area contributed by atoms with Crippen molar-refractivity contribution in [2.45, 2.75) is 45.5 Å². The number of nitrogens with zero attached hydrogens (tertiary/aromatic N) is 1. The number of anilines is 1. The summed E-state index contributed by atoms with van der Waals surface area (Å²) >= 11 is 0. The molecule has 1 aromatic carbocycles. The van der Waals surface area contributed by atoms with Gasteiger partial charge in [-0.05, 0) is 43.0 Å². The lowest BCUT2D eigenvalue weighted by molar-refractivity contribution is -0.115. The maximum atomic E-state index is 12.5. The van der Waals surface area contributed by atoms with E-state index >= 15 is 0 Å². The molecule has 1 amide bonds. The molecule has 32 heavy (non-hydrogen) atoms. The van der Waals surface area contributed by atoms with E-state index in [2.05, 4.69) is 15.6 Å². The van der Waals surface area contributed by atoms with Gasteiger partial charge in [-0.15, -0.1) is 0 Å². The van der Waals surface area contributed by atoms with Crippen LogP contribution < -0.4 is 20.1 Å². The number of nitrogens with one attached hydrogen (secondary N) is 2. The Morgan fingerprint density at radius 2 is 2.03 bits per heavy atom. The molecule has 2 heterocycles. The molecule has 0 aliphatic carbocycles. The minimum atomic E-state index is -4.35. The summed E-state index contributed by atoms with van der Waals surface area (Å²) in [5.74, 6) is 1.39. The monoisotopic (exact) mass is 453 g/mol. The number of fused-ring (bicyclic) bond motifs is 3. The first-order valence-electron chi connectivity index (χ1n) is 10.1. The van der Waals surface area contributed by atoms with E-state index in [9.17, 15) is 18.0 Å². The Kier molecular flexibility index (Phi) is 6.71. The highest BCUT2D eigenvalue weighted by Crippen LogP contribution is 2.39. The van der Waals surface area contributed by atoms with Gasteiger partial charge in [0.15, 0.2) is 0 Å². The van der Waals surface area contributed by atoms with Gasteiger partial charge in [0.25, 0.3) is 0 Å². The number of carbonyl (C=O) groups is 1. The molecule has 10 heteroatoms. The van der Waals surface area contributed by atoms with Crippen LogP contribution in [0.5, 0.6) is 11.5 Å². The summed E-state index contributed by atoms with van der Waals surface area (Å²) in [5.41, 5.74) is 1.49. The van der Waals surface area contributed by atoms with E-state index in [1.54, 1.807) is 19.1 Å². The van der Waals surface area contributed by atoms with Gasteiger partial charge in [0.1, 0.15) is 37.1 Å². The number of halogens is 3. The van der Waals surface area contributed by atoms with Crippen molar-refractivity contribution >= 4 is 11.9 Å². The molecule has 174 valence electrons. The second kappa shape index (κ2) is 9.13. The number of carboxylic acid groups (broad SMARTS) is 1. The smallest absolute Gasteiger partial charge is 0.405 e. The fourth-order valence-corrected chi connectivity index (χ4v) is 3.80. The van der Waals surface area contributed by atoms with Crippen molar-refractivity contribution in [2.75, 3.05) is 18.5 Å². The van der Waals surface area contributed by atoms with Crippen LogP contribution >= 0.6 is 0 Å². The highest BCUT2D eigenvalue weighted by molar-refractivity contribution is 5.77. The lowest BCUT2D eigenvalue weighted by Crippen LogP contribution is -2.50. The normalized spacial score (nSPS) is 14.6. The topological polar surface area (TPSA) is 92.7 Å². The Bertz CT molecular complexity index is 981. The molecule has 0 bridgehead atoms. The third kappa shape index (κ3) is 6.18. The van der Waals surface area contributed by atoms with Crippen LogP contribution in [0.4, 0.5) is 23.8 Å². The lowest BCUT2D eigenvalue weighted by atomic mass is 9.91. The standard InChI is InChI=1S/C22H26F3N3O4/c1-13(2)8-21(3,28-20(29)30)12-32-15-4-5-16-14(6-15)10-31-18-9-26-19(7-17(16)18)27-11-22(23,24)25/h4-7,9,13,28H,8,10-12H2,1-3H3,(H,26,27)(H,29,30). The van der Waals surface area contributed by atoms with Gasteiger partial charge in [-0.2, -0.15) is 13.2 Å². The Hall–Kier alpha value is -3.17. The molecule has 3 rings (SSSR count). The molecule has 2 aromatic rings. The van der Waals surface area contributed by atoms with E-state index in [1.807, 2.05) is 19.9 Å². The van der Waals surface area contributed by atoms with Gasteiger partial charge < -0.3 is 25.2 Å². The van der Waals surface area contributed by atoms with Crippen molar-refractivity contribution in [3.05, 3.63) is 36.0 Å². The molecule has 1 aromatic heterocycles. The number of ether oxygens (including phenoxy) is 2. The second-order valence-electron chi connectivity index (χ2n) is 8.52. The van der Waals surface area contributed by atoms with Gasteiger partial charge in [0.2, 0.25) is 0 Å². The molecule has 1 aliphatic rings. The van der Waals surface area contributed by atoms with E-state index in [1.165, 1.54) is 12.3 Å². The Morgan fingerprint density at radius 3 is 2.69 bits per heavy atom. The molecular formula is C22H26F3N3O4. The highest BCUT2D eigenvalue weighted by Gasteiger charge is 2.29. The van der Waals surface area contributed by atoms with Gasteiger partial charge in [0, 0.05) is 11.1 Å². The molecule has 0 radical (unpaired) electrons. The fraction of sp³-hybridized carbons (Fsp3) is 0.455. The van der Waals surface area contributed by atoms with Crippen LogP contribution in [0.15, 0.2) is 30.5 Å². The van der Waals surface area contributed by atoms with Crippen LogP contribution in [0.3, 0.4) is 0 Å². The Balaban J connectivity index is 1.77. The van der Waals surface area contributed by atoms with Gasteiger partial charge >= 0.3 is 12.3 Å². The molecular weight excluding hydrogens is 427 g/mol. The molecule has 1 unspecified atom stereocenters. The van der Waals surface area contributed by atoms with Crippen molar-refractivity contribution in [1.29, 1.82) is 0 Å². The molecule has 0 saturated carbocycles. The molecule has 1 aliphatic heterocycles. The molecule has 0 spiro atoms. The number of hydrogen-bond acceptors (Lipinski definition) is 5. The number of amides is 1. The largest absolute Gasteiger partial charge is 0.491 e. The zero-order chi connectivity index (χ0) is 23.5. The van der Waals surface area contributed by atoms with E-state index in [4.69, 9.17) is 14.6 Å². The van der Waals surface area contributed by atoms with Gasteiger partial charge in [-0.25, -0.2) is 9.78 Å². The first-order valence-corrected chi connectivity index (χ1v) is 10.1. The lowest BCUT2D eigenvalue weighted by Gasteiger charge is -2.31. The fourth-order valence-electron chi connectivity index (χ4n) is 3.80. The van der Waals surface area contributed by atoms with Crippen LogP contribution in [0.1, 0.15) is 32.8 Å². The summed E-state index contributed by atoms with van der Waals surface area (Å²) in [7, 11) is 0. The summed E-state index contributed by atoms with van der Waals surface area (Å²) < 4.78 is 49.1. The predicted octanol–water partition coefficient (Wildman–Crippen LogP) is 5.07. The van der Waals surface area contributed by atoms with Crippen LogP contribution in [0.2, 0.25) is 0 Å². The Labute approximate surface area is 183 Å². The number of benzene rings is 1. The minimum Gasteiger partial charge on any atom is -0.491 e. The van der Waals surface area contributed by atoms with Crippen LogP contribution in [-0.2, 0) is 6.61 Å². The number of hydrogen-bond donors (Lipinski definition) is 3. The maximum Gasteiger partial charge on any atom is 0.405 e. The van der Waals surface area contributed by atoms with Crippen molar-refractivity contribution < 1.29 is 32.5 Å². The van der Waals surface area contributed by atoms with Crippen LogP contribution in [0.25, 0.3) is 11.1 Å². The van der Waals surface area contributed by atoms with Crippen molar-refractivity contribution in [1.82, 2.24) is 10.3 Å². The van der Waals surface area contributed by atoms with Crippen LogP contribution in [-0.4, -0.2) is 41.1 Å². The SMILES string of the molecule is CC(C)CC(C)(COc1ccc2c(c1)COc1cnc(NCC(F)(F)F)cc1-2)NC(=O)O. The zero-order valence-electron chi connectivity index (χ0n) is 18.0. The predicted molar refractivity (Wildman–Crippen MR) is 113 cm³/mol. The van der Waals surface area contributed by atoms with Crippen LogP contribution in [0, 0.1) is 5.92 Å². The van der Waals surface area contributed by atoms with E-state index in [-0.39, 0.29) is 24.9 Å². The third-order valence-corrected chi connectivity index (χ3v) is 4.91. The Morgan fingerprint density at radius 1 is 1.28 bits per heavy atom. The molecule has 0 fully saturated rings. The first-order chi connectivity index (χ1) is 14.9. The van der Waals surface area contributed by atoms with E-state index in [0.29, 0.717) is 23.5 Å². The second-order valence-corrected chi connectivity index (χ2v) is 8.52.